The third-order valence-electron chi connectivity index (χ3n) is 4.50. The van der Waals surface area contributed by atoms with E-state index in [1.165, 1.54) is 0 Å². The summed E-state index contributed by atoms with van der Waals surface area (Å²) in [5.74, 6) is -0.626. The lowest BCUT2D eigenvalue weighted by molar-refractivity contribution is 0.102. The number of anilines is 1. The fraction of sp³-hybridized carbons (Fsp3) is 0.444. The number of benzene rings is 1. The second kappa shape index (κ2) is 6.73. The predicted molar refractivity (Wildman–Crippen MR) is 91.8 cm³/mol. The summed E-state index contributed by atoms with van der Waals surface area (Å²) < 4.78 is 16.5. The van der Waals surface area contributed by atoms with Crippen LogP contribution < -0.4 is 10.6 Å². The zero-order valence-electron chi connectivity index (χ0n) is 14.4. The van der Waals surface area contributed by atoms with Gasteiger partial charge in [-0.1, -0.05) is 13.0 Å². The first-order valence-corrected chi connectivity index (χ1v) is 8.39. The molecule has 0 bridgehead atoms. The number of nitrogens with zero attached hydrogens (tertiary/aromatic N) is 2. The summed E-state index contributed by atoms with van der Waals surface area (Å²) in [5.41, 5.74) is 3.90. The lowest BCUT2D eigenvalue weighted by Crippen LogP contribution is -2.25. The maximum absolute atomic E-state index is 14.7. The van der Waals surface area contributed by atoms with Crippen molar-refractivity contribution in [2.45, 2.75) is 46.7 Å². The van der Waals surface area contributed by atoms with E-state index in [0.29, 0.717) is 29.8 Å². The topological polar surface area (TPSA) is 59.0 Å². The first-order valence-electron chi connectivity index (χ1n) is 8.39. The Morgan fingerprint density at radius 2 is 2.21 bits per heavy atom. The van der Waals surface area contributed by atoms with Gasteiger partial charge in [-0.05, 0) is 50.4 Å². The molecule has 1 aromatic carbocycles. The van der Waals surface area contributed by atoms with Crippen LogP contribution in [0.2, 0.25) is 0 Å². The van der Waals surface area contributed by atoms with Crippen molar-refractivity contribution in [2.24, 2.45) is 0 Å². The number of rotatable bonds is 4. The quantitative estimate of drug-likeness (QED) is 0.906. The smallest absolute Gasteiger partial charge is 0.259 e. The van der Waals surface area contributed by atoms with Crippen molar-refractivity contribution in [3.05, 3.63) is 46.0 Å². The first kappa shape index (κ1) is 16.6. The number of aromatic nitrogens is 2. The molecule has 128 valence electrons. The number of nitrogens with one attached hydrogen (secondary N) is 2. The molecule has 2 heterocycles. The molecule has 0 radical (unpaired) electrons. The Labute approximate surface area is 141 Å². The summed E-state index contributed by atoms with van der Waals surface area (Å²) in [4.78, 5) is 12.7. The second-order valence-corrected chi connectivity index (χ2v) is 6.21. The van der Waals surface area contributed by atoms with E-state index in [-0.39, 0.29) is 17.4 Å². The lowest BCUT2D eigenvalue weighted by Gasteiger charge is -2.19. The number of carbonyl (C=O) groups is 1. The van der Waals surface area contributed by atoms with Crippen molar-refractivity contribution in [3.63, 3.8) is 0 Å². The van der Waals surface area contributed by atoms with Crippen LogP contribution in [0.1, 0.15) is 46.2 Å². The molecule has 6 heteroatoms. The second-order valence-electron chi connectivity index (χ2n) is 6.21. The first-order chi connectivity index (χ1) is 11.5. The molecule has 2 aromatic rings. The van der Waals surface area contributed by atoms with Crippen molar-refractivity contribution in [1.82, 2.24) is 15.1 Å². The number of fused-ring (bicyclic) bond motifs is 1. The van der Waals surface area contributed by atoms with E-state index in [9.17, 15) is 9.18 Å². The van der Waals surface area contributed by atoms with Gasteiger partial charge in [-0.15, -0.1) is 0 Å². The Balaban J connectivity index is 1.88. The Morgan fingerprint density at radius 3 is 2.96 bits per heavy atom. The minimum atomic E-state index is -0.321. The number of hydrogen-bond donors (Lipinski definition) is 2. The third kappa shape index (κ3) is 2.94. The van der Waals surface area contributed by atoms with Crippen molar-refractivity contribution >= 4 is 11.6 Å². The zero-order valence-corrected chi connectivity index (χ0v) is 14.4. The number of hydrogen-bond acceptors (Lipinski definition) is 3. The third-order valence-corrected chi connectivity index (χ3v) is 4.50. The lowest BCUT2D eigenvalue weighted by atomic mass is 9.99. The molecular formula is C18H23FN4O. The average Bonchev–Trinajstić information content (AvgIpc) is 2.85. The summed E-state index contributed by atoms with van der Waals surface area (Å²) in [5, 5.41) is 10.4. The van der Waals surface area contributed by atoms with Gasteiger partial charge >= 0.3 is 0 Å². The maximum atomic E-state index is 14.7. The van der Waals surface area contributed by atoms with E-state index in [4.69, 9.17) is 0 Å². The van der Waals surface area contributed by atoms with Crippen LogP contribution in [0.15, 0.2) is 12.1 Å². The summed E-state index contributed by atoms with van der Waals surface area (Å²) in [6.07, 6.45) is 1.58. The predicted octanol–water partition coefficient (Wildman–Crippen LogP) is 2.95. The Morgan fingerprint density at radius 1 is 1.42 bits per heavy atom. The van der Waals surface area contributed by atoms with Crippen LogP contribution in [0.4, 0.5) is 10.1 Å². The highest BCUT2D eigenvalue weighted by Crippen LogP contribution is 2.25. The minimum absolute atomic E-state index is 0.239. The molecule has 3 rings (SSSR count). The van der Waals surface area contributed by atoms with E-state index in [0.717, 1.165) is 30.8 Å². The molecule has 1 amide bonds. The maximum Gasteiger partial charge on any atom is 0.259 e. The van der Waals surface area contributed by atoms with Gasteiger partial charge in [-0.3, -0.25) is 9.48 Å². The molecule has 0 saturated carbocycles. The molecule has 1 aromatic heterocycles. The molecule has 0 fully saturated rings. The zero-order chi connectivity index (χ0) is 17.3. The molecule has 1 aliphatic heterocycles. The SMILES string of the molecule is CCCn1nc(C)c(C(=O)Nc2ccc3c(c2F)CCNC3)c1C. The normalized spacial score (nSPS) is 13.7. The number of aryl methyl sites for hydroxylation is 2. The highest BCUT2D eigenvalue weighted by Gasteiger charge is 2.21. The Kier molecular flexibility index (Phi) is 4.66. The molecule has 0 atom stereocenters. The van der Waals surface area contributed by atoms with Gasteiger partial charge in [0.15, 0.2) is 0 Å². The minimum Gasteiger partial charge on any atom is -0.319 e. The summed E-state index contributed by atoms with van der Waals surface area (Å²) in [6.45, 7) is 7.93. The fourth-order valence-corrected chi connectivity index (χ4v) is 3.27. The molecular weight excluding hydrogens is 307 g/mol. The van der Waals surface area contributed by atoms with E-state index in [1.54, 1.807) is 6.07 Å². The van der Waals surface area contributed by atoms with E-state index in [1.807, 2.05) is 24.6 Å². The van der Waals surface area contributed by atoms with Gasteiger partial charge in [-0.2, -0.15) is 5.10 Å². The van der Waals surface area contributed by atoms with Gasteiger partial charge in [0.05, 0.1) is 16.9 Å². The molecule has 2 N–H and O–H groups in total. The molecule has 0 aliphatic carbocycles. The standard InChI is InChI=1S/C18H23FN4O/c1-4-9-23-12(3)16(11(2)22-23)18(24)21-15-6-5-13-10-20-8-7-14(13)17(15)19/h5-6,20H,4,7-10H2,1-3H3,(H,21,24). The van der Waals surface area contributed by atoms with Crippen LogP contribution in [0.25, 0.3) is 0 Å². The average molecular weight is 330 g/mol. The summed E-state index contributed by atoms with van der Waals surface area (Å²) >= 11 is 0. The molecule has 1 aliphatic rings. The van der Waals surface area contributed by atoms with Crippen molar-refractivity contribution in [3.8, 4) is 0 Å². The van der Waals surface area contributed by atoms with Gasteiger partial charge in [0.25, 0.3) is 5.91 Å². The fourth-order valence-electron chi connectivity index (χ4n) is 3.27. The van der Waals surface area contributed by atoms with Crippen LogP contribution in [-0.2, 0) is 19.5 Å². The van der Waals surface area contributed by atoms with E-state index in [2.05, 4.69) is 22.7 Å². The van der Waals surface area contributed by atoms with Crippen LogP contribution in [-0.4, -0.2) is 22.2 Å². The highest BCUT2D eigenvalue weighted by molar-refractivity contribution is 6.06. The van der Waals surface area contributed by atoms with Crippen LogP contribution >= 0.6 is 0 Å². The molecule has 24 heavy (non-hydrogen) atoms. The molecule has 0 spiro atoms. The monoisotopic (exact) mass is 330 g/mol. The number of halogens is 1. The van der Waals surface area contributed by atoms with Gasteiger partial charge in [0.1, 0.15) is 5.82 Å². The van der Waals surface area contributed by atoms with E-state index >= 15 is 0 Å². The van der Waals surface area contributed by atoms with Crippen molar-refractivity contribution in [2.75, 3.05) is 11.9 Å². The van der Waals surface area contributed by atoms with Crippen LogP contribution in [0.5, 0.6) is 0 Å². The molecule has 5 nitrogen and oxygen atoms in total. The summed E-state index contributed by atoms with van der Waals surface area (Å²) in [7, 11) is 0. The highest BCUT2D eigenvalue weighted by atomic mass is 19.1. The van der Waals surface area contributed by atoms with Crippen LogP contribution in [0, 0.1) is 19.7 Å². The van der Waals surface area contributed by atoms with Gasteiger partial charge < -0.3 is 10.6 Å². The van der Waals surface area contributed by atoms with Crippen molar-refractivity contribution in [1.29, 1.82) is 0 Å². The molecule has 0 unspecified atom stereocenters. The van der Waals surface area contributed by atoms with Crippen molar-refractivity contribution < 1.29 is 9.18 Å². The van der Waals surface area contributed by atoms with Gasteiger partial charge in [-0.25, -0.2) is 4.39 Å². The number of carbonyl (C=O) groups excluding carboxylic acids is 1. The van der Waals surface area contributed by atoms with Gasteiger partial charge in [0.2, 0.25) is 0 Å². The van der Waals surface area contributed by atoms with E-state index < -0.39 is 0 Å². The van der Waals surface area contributed by atoms with Crippen LogP contribution in [0.3, 0.4) is 0 Å². The molecule has 0 saturated heterocycles. The van der Waals surface area contributed by atoms with Gasteiger partial charge in [0, 0.05) is 18.8 Å². The number of amides is 1. The summed E-state index contributed by atoms with van der Waals surface area (Å²) in [6, 6.07) is 3.51. The Hall–Kier alpha value is -2.21. The largest absolute Gasteiger partial charge is 0.319 e. The Bertz CT molecular complexity index is 782.